The Bertz CT molecular complexity index is 292. The second kappa shape index (κ2) is 3.49. The fraction of sp³-hybridized carbons (Fsp3) is 0.143. The summed E-state index contributed by atoms with van der Waals surface area (Å²) >= 11 is 0. The van der Waals surface area contributed by atoms with E-state index in [0.29, 0.717) is 11.7 Å². The van der Waals surface area contributed by atoms with E-state index < -0.39 is 0 Å². The van der Waals surface area contributed by atoms with E-state index in [2.05, 4.69) is 9.98 Å². The molecule has 0 aliphatic rings. The van der Waals surface area contributed by atoms with E-state index in [1.807, 2.05) is 0 Å². The van der Waals surface area contributed by atoms with Crippen LogP contribution >= 0.6 is 0 Å². The van der Waals surface area contributed by atoms with Crippen molar-refractivity contribution >= 4 is 11.9 Å². The molecule has 56 valence electrons. The first kappa shape index (κ1) is 7.44. The number of isocyanates is 1. The molecule has 0 spiro atoms. The van der Waals surface area contributed by atoms with Crippen LogP contribution in [0.15, 0.2) is 23.2 Å². The van der Waals surface area contributed by atoms with Crippen molar-refractivity contribution in [3.63, 3.8) is 0 Å². The van der Waals surface area contributed by atoms with E-state index in [9.17, 15) is 4.79 Å². The number of carbonyl (C=O) groups excluding carboxylic acids is 1. The first-order valence-electron chi connectivity index (χ1n) is 2.95. The summed E-state index contributed by atoms with van der Waals surface area (Å²) in [6, 6.07) is 4.96. The van der Waals surface area contributed by atoms with E-state index in [1.165, 1.54) is 13.2 Å². The molecule has 0 unspecified atom stereocenters. The Balaban J connectivity index is 3.00. The van der Waals surface area contributed by atoms with Gasteiger partial charge in [-0.05, 0) is 6.07 Å². The summed E-state index contributed by atoms with van der Waals surface area (Å²) in [5, 5.41) is 0. The smallest absolute Gasteiger partial charge is 0.242 e. The summed E-state index contributed by atoms with van der Waals surface area (Å²) < 4.78 is 4.80. The fourth-order valence-electron chi connectivity index (χ4n) is 0.627. The minimum atomic E-state index is 0.305. The molecule has 0 fully saturated rings. The van der Waals surface area contributed by atoms with Gasteiger partial charge in [0.25, 0.3) is 0 Å². The molecule has 0 saturated carbocycles. The van der Waals surface area contributed by atoms with Crippen LogP contribution in [0.1, 0.15) is 0 Å². The molecule has 4 nitrogen and oxygen atoms in total. The topological polar surface area (TPSA) is 51.5 Å². The van der Waals surface area contributed by atoms with Crippen LogP contribution in [0.4, 0.5) is 5.82 Å². The first-order valence-corrected chi connectivity index (χ1v) is 2.95. The number of hydrogen-bond acceptors (Lipinski definition) is 4. The maximum absolute atomic E-state index is 9.80. The predicted molar refractivity (Wildman–Crippen MR) is 38.6 cm³/mol. The van der Waals surface area contributed by atoms with Crippen LogP contribution in [0.5, 0.6) is 5.88 Å². The monoisotopic (exact) mass is 150 g/mol. The summed E-state index contributed by atoms with van der Waals surface area (Å²) in [4.78, 5) is 16.9. The van der Waals surface area contributed by atoms with Crippen LogP contribution in [0, 0.1) is 0 Å². The molecule has 0 amide bonds. The van der Waals surface area contributed by atoms with Crippen molar-refractivity contribution in [2.45, 2.75) is 0 Å². The lowest BCUT2D eigenvalue weighted by Gasteiger charge is -1.96. The molecule has 0 bridgehead atoms. The lowest BCUT2D eigenvalue weighted by Crippen LogP contribution is -1.85. The SMILES string of the molecule is COc1cccc(N=C=O)n1. The van der Waals surface area contributed by atoms with Crippen LogP contribution in [0.25, 0.3) is 0 Å². The highest BCUT2D eigenvalue weighted by Crippen LogP contribution is 2.12. The number of nitrogens with zero attached hydrogens (tertiary/aromatic N) is 2. The zero-order chi connectivity index (χ0) is 8.10. The second-order valence-electron chi connectivity index (χ2n) is 1.74. The summed E-state index contributed by atoms with van der Waals surface area (Å²) in [5.41, 5.74) is 0. The van der Waals surface area contributed by atoms with Gasteiger partial charge in [0.15, 0.2) is 5.82 Å². The van der Waals surface area contributed by atoms with Crippen molar-refractivity contribution in [3.8, 4) is 5.88 Å². The number of pyridine rings is 1. The number of ether oxygens (including phenoxy) is 1. The van der Waals surface area contributed by atoms with Crippen LogP contribution in [0.2, 0.25) is 0 Å². The van der Waals surface area contributed by atoms with Crippen LogP contribution in [0.3, 0.4) is 0 Å². The Morgan fingerprint density at radius 3 is 3.09 bits per heavy atom. The maximum atomic E-state index is 9.80. The largest absolute Gasteiger partial charge is 0.481 e. The third kappa shape index (κ3) is 1.88. The first-order chi connectivity index (χ1) is 5.36. The Hall–Kier alpha value is -1.67. The van der Waals surface area contributed by atoms with Gasteiger partial charge in [0.1, 0.15) is 0 Å². The molecular formula is C7H6N2O2. The van der Waals surface area contributed by atoms with Gasteiger partial charge in [0.05, 0.1) is 7.11 Å². The van der Waals surface area contributed by atoms with Gasteiger partial charge in [-0.25, -0.2) is 4.79 Å². The van der Waals surface area contributed by atoms with E-state index in [-0.39, 0.29) is 0 Å². The standard InChI is InChI=1S/C7H6N2O2/c1-11-7-4-2-3-6(9-7)8-5-10/h2-4H,1H3. The molecule has 1 heterocycles. The minimum Gasteiger partial charge on any atom is -0.481 e. The molecule has 0 N–H and O–H groups in total. The molecule has 0 radical (unpaired) electrons. The van der Waals surface area contributed by atoms with E-state index >= 15 is 0 Å². The summed E-state index contributed by atoms with van der Waals surface area (Å²) in [6.07, 6.45) is 1.39. The van der Waals surface area contributed by atoms with Crippen molar-refractivity contribution < 1.29 is 9.53 Å². The molecule has 1 aromatic rings. The normalized spacial score (nSPS) is 8.45. The van der Waals surface area contributed by atoms with Gasteiger partial charge in [0, 0.05) is 6.07 Å². The summed E-state index contributed by atoms with van der Waals surface area (Å²) in [5.74, 6) is 0.737. The zero-order valence-corrected chi connectivity index (χ0v) is 5.94. The molecule has 0 atom stereocenters. The van der Waals surface area contributed by atoms with Gasteiger partial charge < -0.3 is 4.74 Å². The minimum absolute atomic E-state index is 0.305. The van der Waals surface area contributed by atoms with Crippen LogP contribution < -0.4 is 4.74 Å². The Labute approximate surface area is 63.6 Å². The third-order valence-corrected chi connectivity index (χ3v) is 1.08. The Morgan fingerprint density at radius 1 is 1.64 bits per heavy atom. The summed E-state index contributed by atoms with van der Waals surface area (Å²) in [7, 11) is 1.50. The molecule has 1 aromatic heterocycles. The van der Waals surface area contributed by atoms with Gasteiger partial charge in [-0.1, -0.05) is 6.07 Å². The number of aliphatic imine (C=N–C) groups is 1. The quantitative estimate of drug-likeness (QED) is 0.467. The molecule has 11 heavy (non-hydrogen) atoms. The van der Waals surface area contributed by atoms with E-state index in [4.69, 9.17) is 4.74 Å². The highest BCUT2D eigenvalue weighted by Gasteiger charge is 1.92. The van der Waals surface area contributed by atoms with Crippen molar-refractivity contribution in [1.82, 2.24) is 4.98 Å². The lowest BCUT2D eigenvalue weighted by molar-refractivity contribution is 0.398. The lowest BCUT2D eigenvalue weighted by atomic mass is 10.4. The molecule has 0 aliphatic heterocycles. The number of methoxy groups -OCH3 is 1. The molecule has 1 rings (SSSR count). The molecular weight excluding hydrogens is 144 g/mol. The van der Waals surface area contributed by atoms with Crippen molar-refractivity contribution in [3.05, 3.63) is 18.2 Å². The highest BCUT2D eigenvalue weighted by molar-refractivity contribution is 5.44. The van der Waals surface area contributed by atoms with Crippen LogP contribution in [-0.4, -0.2) is 18.2 Å². The van der Waals surface area contributed by atoms with Crippen molar-refractivity contribution in [1.29, 1.82) is 0 Å². The average Bonchev–Trinajstić information content (AvgIpc) is 2.06. The average molecular weight is 150 g/mol. The predicted octanol–water partition coefficient (Wildman–Crippen LogP) is 1.06. The number of aromatic nitrogens is 1. The highest BCUT2D eigenvalue weighted by atomic mass is 16.5. The Kier molecular flexibility index (Phi) is 2.36. The number of rotatable bonds is 2. The fourth-order valence-corrected chi connectivity index (χ4v) is 0.627. The van der Waals surface area contributed by atoms with Crippen molar-refractivity contribution in [2.24, 2.45) is 4.99 Å². The van der Waals surface area contributed by atoms with Gasteiger partial charge >= 0.3 is 0 Å². The van der Waals surface area contributed by atoms with Gasteiger partial charge in [-0.15, -0.1) is 4.99 Å². The number of hydrogen-bond donors (Lipinski definition) is 0. The van der Waals surface area contributed by atoms with Gasteiger partial charge in [-0.3, -0.25) is 0 Å². The maximum Gasteiger partial charge on any atom is 0.242 e. The zero-order valence-electron chi connectivity index (χ0n) is 5.94. The van der Waals surface area contributed by atoms with E-state index in [1.54, 1.807) is 18.2 Å². The molecule has 4 heteroatoms. The van der Waals surface area contributed by atoms with Crippen molar-refractivity contribution in [2.75, 3.05) is 7.11 Å². The van der Waals surface area contributed by atoms with Crippen LogP contribution in [-0.2, 0) is 4.79 Å². The second-order valence-corrected chi connectivity index (χ2v) is 1.74. The molecule has 0 saturated heterocycles. The third-order valence-electron chi connectivity index (χ3n) is 1.08. The van der Waals surface area contributed by atoms with E-state index in [0.717, 1.165) is 0 Å². The molecule has 0 aliphatic carbocycles. The van der Waals surface area contributed by atoms with Gasteiger partial charge in [0.2, 0.25) is 12.0 Å². The Morgan fingerprint density at radius 2 is 2.45 bits per heavy atom. The molecule has 0 aromatic carbocycles. The van der Waals surface area contributed by atoms with Gasteiger partial charge in [-0.2, -0.15) is 4.98 Å². The summed E-state index contributed by atoms with van der Waals surface area (Å²) in [6.45, 7) is 0.